The molecule has 4 rings (SSSR count). The van der Waals surface area contributed by atoms with E-state index in [1.807, 2.05) is 6.20 Å². The van der Waals surface area contributed by atoms with Gasteiger partial charge in [0.05, 0.1) is 0 Å². The Morgan fingerprint density at radius 1 is 1.18 bits per heavy atom. The number of piperazine rings is 1. The molecule has 114 valence electrons. The minimum absolute atomic E-state index is 0.610. The molecule has 0 radical (unpaired) electrons. The maximum Gasteiger partial charge on any atom is 0.132 e. The second kappa shape index (κ2) is 6.01. The zero-order valence-corrected chi connectivity index (χ0v) is 14.2. The zero-order valence-electron chi connectivity index (χ0n) is 12.6. The number of aromatic nitrogens is 1. The minimum Gasteiger partial charge on any atom is -0.351 e. The van der Waals surface area contributed by atoms with Crippen LogP contribution in [0.2, 0.25) is 0 Å². The molecule has 2 aromatic rings. The largest absolute Gasteiger partial charge is 0.351 e. The Balaban J connectivity index is 1.48. The van der Waals surface area contributed by atoms with Crippen molar-refractivity contribution in [3.05, 3.63) is 58.2 Å². The zero-order chi connectivity index (χ0) is 14.9. The van der Waals surface area contributed by atoms with Crippen molar-refractivity contribution in [2.75, 3.05) is 24.5 Å². The van der Waals surface area contributed by atoms with Crippen LogP contribution in [-0.2, 0) is 13.0 Å². The highest BCUT2D eigenvalue weighted by Gasteiger charge is 2.32. The fourth-order valence-electron chi connectivity index (χ4n) is 3.67. The predicted molar refractivity (Wildman–Crippen MR) is 93.1 cm³/mol. The van der Waals surface area contributed by atoms with Gasteiger partial charge in [-0.3, -0.25) is 4.90 Å². The van der Waals surface area contributed by atoms with Gasteiger partial charge in [-0.05, 0) is 46.0 Å². The number of hydrogen-bond donors (Lipinski definition) is 0. The van der Waals surface area contributed by atoms with Gasteiger partial charge < -0.3 is 4.90 Å². The van der Waals surface area contributed by atoms with Crippen LogP contribution in [0, 0.1) is 0 Å². The number of aryl methyl sites for hydroxylation is 1. The third-order valence-electron chi connectivity index (χ3n) is 4.74. The SMILES string of the molecule is Brc1cnc2c(c1)CC[C@@H]1CN(Cc3ccccc3)CCN21. The molecule has 1 aromatic carbocycles. The van der Waals surface area contributed by atoms with Crippen LogP contribution in [0.25, 0.3) is 0 Å². The third kappa shape index (κ3) is 2.77. The Bertz CT molecular complexity index is 659. The van der Waals surface area contributed by atoms with E-state index in [9.17, 15) is 0 Å². The second-order valence-electron chi connectivity index (χ2n) is 6.24. The normalized spacial score (nSPS) is 21.3. The fourth-order valence-corrected chi connectivity index (χ4v) is 4.05. The summed E-state index contributed by atoms with van der Waals surface area (Å²) < 4.78 is 1.09. The van der Waals surface area contributed by atoms with Crippen molar-refractivity contribution in [2.45, 2.75) is 25.4 Å². The van der Waals surface area contributed by atoms with E-state index in [1.54, 1.807) is 0 Å². The number of halogens is 1. The van der Waals surface area contributed by atoms with E-state index < -0.39 is 0 Å². The lowest BCUT2D eigenvalue weighted by Gasteiger charge is -2.45. The highest BCUT2D eigenvalue weighted by atomic mass is 79.9. The number of rotatable bonds is 2. The molecule has 1 atom stereocenters. The van der Waals surface area contributed by atoms with E-state index in [0.717, 1.165) is 37.1 Å². The number of benzene rings is 1. The predicted octanol–water partition coefficient (Wildman–Crippen LogP) is 3.48. The summed E-state index contributed by atoms with van der Waals surface area (Å²) in [4.78, 5) is 9.78. The van der Waals surface area contributed by atoms with Crippen LogP contribution in [0.3, 0.4) is 0 Å². The molecular formula is C18H20BrN3. The number of nitrogens with zero attached hydrogens (tertiary/aromatic N) is 3. The highest BCUT2D eigenvalue weighted by molar-refractivity contribution is 9.10. The Kier molecular flexibility index (Phi) is 3.89. The van der Waals surface area contributed by atoms with Crippen LogP contribution < -0.4 is 4.90 Å². The number of hydrogen-bond acceptors (Lipinski definition) is 3. The second-order valence-corrected chi connectivity index (χ2v) is 7.16. The van der Waals surface area contributed by atoms with Crippen LogP contribution in [0.4, 0.5) is 5.82 Å². The van der Waals surface area contributed by atoms with Crippen LogP contribution in [-0.4, -0.2) is 35.6 Å². The van der Waals surface area contributed by atoms with E-state index in [0.29, 0.717) is 6.04 Å². The molecule has 0 N–H and O–H groups in total. The molecular weight excluding hydrogens is 338 g/mol. The monoisotopic (exact) mass is 357 g/mol. The Morgan fingerprint density at radius 2 is 2.05 bits per heavy atom. The first-order valence-corrected chi connectivity index (χ1v) is 8.76. The number of anilines is 1. The fraction of sp³-hybridized carbons (Fsp3) is 0.389. The van der Waals surface area contributed by atoms with Crippen molar-refractivity contribution in [1.82, 2.24) is 9.88 Å². The molecule has 1 aromatic heterocycles. The molecule has 0 unspecified atom stereocenters. The molecule has 22 heavy (non-hydrogen) atoms. The standard InChI is InChI=1S/C18H20BrN3/c19-16-10-15-6-7-17-13-21(12-14-4-2-1-3-5-14)8-9-22(17)18(15)20-11-16/h1-5,10-11,17H,6-9,12-13H2/t17-/m1/s1. The lowest BCUT2D eigenvalue weighted by atomic mass is 9.96. The van der Waals surface area contributed by atoms with Crippen molar-refractivity contribution in [3.63, 3.8) is 0 Å². The van der Waals surface area contributed by atoms with E-state index in [1.165, 1.54) is 23.4 Å². The van der Waals surface area contributed by atoms with E-state index in [-0.39, 0.29) is 0 Å². The molecule has 2 aliphatic rings. The average molecular weight is 358 g/mol. The molecule has 2 aliphatic heterocycles. The van der Waals surface area contributed by atoms with Gasteiger partial charge in [0.15, 0.2) is 0 Å². The maximum atomic E-state index is 4.67. The van der Waals surface area contributed by atoms with E-state index in [4.69, 9.17) is 0 Å². The quantitative estimate of drug-likeness (QED) is 0.820. The van der Waals surface area contributed by atoms with Crippen molar-refractivity contribution in [3.8, 4) is 0 Å². The van der Waals surface area contributed by atoms with Gasteiger partial charge in [-0.15, -0.1) is 0 Å². The summed E-state index contributed by atoms with van der Waals surface area (Å²) in [5.41, 5.74) is 2.80. The Morgan fingerprint density at radius 3 is 2.91 bits per heavy atom. The van der Waals surface area contributed by atoms with Crippen molar-refractivity contribution >= 4 is 21.7 Å². The van der Waals surface area contributed by atoms with Crippen LogP contribution >= 0.6 is 15.9 Å². The van der Waals surface area contributed by atoms with Gasteiger partial charge in [-0.2, -0.15) is 0 Å². The Hall–Kier alpha value is -1.39. The highest BCUT2D eigenvalue weighted by Crippen LogP contribution is 2.32. The van der Waals surface area contributed by atoms with Gasteiger partial charge in [0, 0.05) is 42.9 Å². The first kappa shape index (κ1) is 14.2. The Labute approximate surface area is 140 Å². The van der Waals surface area contributed by atoms with Gasteiger partial charge in [-0.25, -0.2) is 4.98 Å². The van der Waals surface area contributed by atoms with Crippen LogP contribution in [0.15, 0.2) is 47.1 Å². The smallest absolute Gasteiger partial charge is 0.132 e. The maximum absolute atomic E-state index is 4.67. The summed E-state index contributed by atoms with van der Waals surface area (Å²) in [6.45, 7) is 4.40. The first-order valence-electron chi connectivity index (χ1n) is 7.97. The molecule has 4 heteroatoms. The molecule has 0 spiro atoms. The van der Waals surface area contributed by atoms with Crippen LogP contribution in [0.1, 0.15) is 17.5 Å². The van der Waals surface area contributed by atoms with Crippen molar-refractivity contribution in [1.29, 1.82) is 0 Å². The van der Waals surface area contributed by atoms with Crippen molar-refractivity contribution < 1.29 is 0 Å². The molecule has 0 aliphatic carbocycles. The molecule has 0 bridgehead atoms. The van der Waals surface area contributed by atoms with Crippen LogP contribution in [0.5, 0.6) is 0 Å². The van der Waals surface area contributed by atoms with E-state index in [2.05, 4.69) is 67.1 Å². The molecule has 3 heterocycles. The molecule has 1 fully saturated rings. The summed E-state index contributed by atoms with van der Waals surface area (Å²) in [6, 6.07) is 13.6. The summed E-state index contributed by atoms with van der Waals surface area (Å²) >= 11 is 3.54. The van der Waals surface area contributed by atoms with Gasteiger partial charge in [-0.1, -0.05) is 30.3 Å². The molecule has 3 nitrogen and oxygen atoms in total. The summed E-state index contributed by atoms with van der Waals surface area (Å²) in [7, 11) is 0. The molecule has 0 amide bonds. The molecule has 0 saturated carbocycles. The minimum atomic E-state index is 0.610. The summed E-state index contributed by atoms with van der Waals surface area (Å²) in [5.74, 6) is 1.21. The third-order valence-corrected chi connectivity index (χ3v) is 5.18. The lowest BCUT2D eigenvalue weighted by Crippen LogP contribution is -2.55. The topological polar surface area (TPSA) is 19.4 Å². The number of fused-ring (bicyclic) bond motifs is 3. The van der Waals surface area contributed by atoms with Gasteiger partial charge in [0.1, 0.15) is 5.82 Å². The molecule has 1 saturated heterocycles. The lowest BCUT2D eigenvalue weighted by molar-refractivity contribution is 0.206. The van der Waals surface area contributed by atoms with Gasteiger partial charge in [0.2, 0.25) is 0 Å². The van der Waals surface area contributed by atoms with E-state index >= 15 is 0 Å². The summed E-state index contributed by atoms with van der Waals surface area (Å²) in [6.07, 6.45) is 4.30. The number of pyridine rings is 1. The average Bonchev–Trinajstić information content (AvgIpc) is 2.55. The van der Waals surface area contributed by atoms with Gasteiger partial charge in [0.25, 0.3) is 0 Å². The van der Waals surface area contributed by atoms with Gasteiger partial charge >= 0.3 is 0 Å². The van der Waals surface area contributed by atoms with Crippen molar-refractivity contribution in [2.24, 2.45) is 0 Å². The summed E-state index contributed by atoms with van der Waals surface area (Å²) in [5, 5.41) is 0. The first-order chi connectivity index (χ1) is 10.8.